The van der Waals surface area contributed by atoms with E-state index in [0.717, 1.165) is 11.5 Å². The molecule has 0 spiro atoms. The maximum Gasteiger partial charge on any atom is 0.246 e. The summed E-state index contributed by atoms with van der Waals surface area (Å²) in [5, 5.41) is 0. The Labute approximate surface area is 105 Å². The van der Waals surface area contributed by atoms with Crippen molar-refractivity contribution in [1.82, 2.24) is 9.29 Å². The highest BCUT2D eigenvalue weighted by molar-refractivity contribution is 7.99. The van der Waals surface area contributed by atoms with Gasteiger partial charge in [0.1, 0.15) is 4.90 Å². The molecular formula is C10H15N3O2S2. The molecule has 2 N–H and O–H groups in total. The van der Waals surface area contributed by atoms with Crippen molar-refractivity contribution >= 4 is 27.5 Å². The summed E-state index contributed by atoms with van der Waals surface area (Å²) in [5.74, 6) is 1.64. The van der Waals surface area contributed by atoms with Crippen molar-refractivity contribution in [2.45, 2.75) is 17.9 Å². The number of nitrogens with zero attached hydrogens (tertiary/aromatic N) is 2. The summed E-state index contributed by atoms with van der Waals surface area (Å²) in [7, 11) is -3.51. The van der Waals surface area contributed by atoms with Gasteiger partial charge in [-0.2, -0.15) is 16.1 Å². The zero-order chi connectivity index (χ0) is 12.5. The van der Waals surface area contributed by atoms with E-state index < -0.39 is 10.0 Å². The molecule has 1 aliphatic heterocycles. The Morgan fingerprint density at radius 3 is 3.00 bits per heavy atom. The zero-order valence-electron chi connectivity index (χ0n) is 9.54. The molecule has 17 heavy (non-hydrogen) atoms. The number of thioether (sulfide) groups is 1. The molecule has 0 radical (unpaired) electrons. The Kier molecular flexibility index (Phi) is 3.60. The first-order valence-corrected chi connectivity index (χ1v) is 7.92. The predicted molar refractivity (Wildman–Crippen MR) is 69.3 cm³/mol. The number of aromatic nitrogens is 1. The molecule has 1 aromatic rings. The van der Waals surface area contributed by atoms with E-state index in [1.165, 1.54) is 22.8 Å². The van der Waals surface area contributed by atoms with Gasteiger partial charge in [0.25, 0.3) is 0 Å². The van der Waals surface area contributed by atoms with Crippen molar-refractivity contribution in [3.8, 4) is 0 Å². The molecule has 5 nitrogen and oxygen atoms in total. The highest BCUT2D eigenvalue weighted by atomic mass is 32.2. The van der Waals surface area contributed by atoms with Gasteiger partial charge in [0, 0.05) is 36.5 Å². The van der Waals surface area contributed by atoms with Crippen LogP contribution in [0.15, 0.2) is 23.4 Å². The number of sulfonamides is 1. The number of rotatable bonds is 2. The van der Waals surface area contributed by atoms with E-state index in [-0.39, 0.29) is 16.6 Å². The average molecular weight is 273 g/mol. The molecule has 0 saturated carbocycles. The molecule has 7 heteroatoms. The summed E-state index contributed by atoms with van der Waals surface area (Å²) < 4.78 is 26.3. The Bertz CT molecular complexity index is 504. The summed E-state index contributed by atoms with van der Waals surface area (Å²) in [5.41, 5.74) is 5.96. The number of nitrogens with two attached hydrogens (primary N) is 1. The van der Waals surface area contributed by atoms with Crippen LogP contribution in [0.25, 0.3) is 0 Å². The Balaban J connectivity index is 2.39. The van der Waals surface area contributed by atoms with Gasteiger partial charge < -0.3 is 5.73 Å². The SMILES string of the molecule is CC1CSCCN1S(=O)(=O)c1cnccc1N. The standard InChI is InChI=1S/C10H15N3O2S2/c1-8-7-16-5-4-13(8)17(14,15)10-6-12-3-2-9(10)11/h2-3,6,8H,4-5,7H2,1H3,(H2,11,12). The second kappa shape index (κ2) is 4.83. The van der Waals surface area contributed by atoms with Crippen LogP contribution in [0, 0.1) is 0 Å². The van der Waals surface area contributed by atoms with Crippen molar-refractivity contribution in [3.63, 3.8) is 0 Å². The lowest BCUT2D eigenvalue weighted by Crippen LogP contribution is -2.44. The van der Waals surface area contributed by atoms with Gasteiger partial charge in [-0.3, -0.25) is 4.98 Å². The first-order valence-electron chi connectivity index (χ1n) is 5.32. The normalized spacial score (nSPS) is 22.5. The van der Waals surface area contributed by atoms with E-state index in [1.807, 2.05) is 6.92 Å². The van der Waals surface area contributed by atoms with E-state index in [0.29, 0.717) is 6.54 Å². The monoisotopic (exact) mass is 273 g/mol. The van der Waals surface area contributed by atoms with E-state index >= 15 is 0 Å². The first-order chi connectivity index (χ1) is 8.03. The van der Waals surface area contributed by atoms with Gasteiger partial charge >= 0.3 is 0 Å². The third-order valence-corrected chi connectivity index (χ3v) is 5.96. The van der Waals surface area contributed by atoms with Crippen LogP contribution in [0.4, 0.5) is 5.69 Å². The average Bonchev–Trinajstić information content (AvgIpc) is 2.29. The topological polar surface area (TPSA) is 76.3 Å². The van der Waals surface area contributed by atoms with Gasteiger partial charge in [0.15, 0.2) is 0 Å². The van der Waals surface area contributed by atoms with Crippen LogP contribution in [-0.4, -0.2) is 41.8 Å². The largest absolute Gasteiger partial charge is 0.398 e. The van der Waals surface area contributed by atoms with Crippen LogP contribution in [0.5, 0.6) is 0 Å². The van der Waals surface area contributed by atoms with Crippen molar-refractivity contribution in [1.29, 1.82) is 0 Å². The summed E-state index contributed by atoms with van der Waals surface area (Å²) >= 11 is 1.77. The maximum absolute atomic E-state index is 12.4. The van der Waals surface area contributed by atoms with E-state index in [1.54, 1.807) is 11.8 Å². The Morgan fingerprint density at radius 2 is 2.35 bits per heavy atom. The van der Waals surface area contributed by atoms with E-state index in [4.69, 9.17) is 5.73 Å². The van der Waals surface area contributed by atoms with Crippen molar-refractivity contribution in [2.75, 3.05) is 23.8 Å². The lowest BCUT2D eigenvalue weighted by Gasteiger charge is -2.32. The van der Waals surface area contributed by atoms with Crippen molar-refractivity contribution < 1.29 is 8.42 Å². The van der Waals surface area contributed by atoms with Gasteiger partial charge in [-0.1, -0.05) is 0 Å². The van der Waals surface area contributed by atoms with E-state index in [2.05, 4.69) is 4.98 Å². The quantitative estimate of drug-likeness (QED) is 0.862. The molecule has 0 amide bonds. The summed E-state index contributed by atoms with van der Waals surface area (Å²) in [6.45, 7) is 2.44. The predicted octanol–water partition coefficient (Wildman–Crippen LogP) is 0.790. The van der Waals surface area contributed by atoms with Crippen LogP contribution in [0.2, 0.25) is 0 Å². The third kappa shape index (κ3) is 2.41. The molecule has 2 rings (SSSR count). The fourth-order valence-electron chi connectivity index (χ4n) is 1.80. The van der Waals surface area contributed by atoms with Crippen molar-refractivity contribution in [2.24, 2.45) is 0 Å². The fraction of sp³-hybridized carbons (Fsp3) is 0.500. The second-order valence-electron chi connectivity index (χ2n) is 3.95. The first kappa shape index (κ1) is 12.7. The smallest absolute Gasteiger partial charge is 0.246 e. The molecule has 0 aromatic carbocycles. The molecule has 1 unspecified atom stereocenters. The second-order valence-corrected chi connectivity index (χ2v) is 6.96. The molecule has 0 aliphatic carbocycles. The van der Waals surface area contributed by atoms with Crippen LogP contribution in [0.3, 0.4) is 0 Å². The molecule has 1 saturated heterocycles. The molecule has 0 bridgehead atoms. The number of pyridine rings is 1. The highest BCUT2D eigenvalue weighted by Crippen LogP contribution is 2.26. The van der Waals surface area contributed by atoms with Crippen molar-refractivity contribution in [3.05, 3.63) is 18.5 Å². The Morgan fingerprint density at radius 1 is 1.59 bits per heavy atom. The minimum absolute atomic E-state index is 0.00152. The number of nitrogen functional groups attached to an aromatic ring is 1. The molecule has 94 valence electrons. The summed E-state index contributed by atoms with van der Waals surface area (Å²) in [6, 6.07) is 1.51. The maximum atomic E-state index is 12.4. The molecular weight excluding hydrogens is 258 g/mol. The number of anilines is 1. The summed E-state index contributed by atoms with van der Waals surface area (Å²) in [6.07, 6.45) is 2.81. The van der Waals surface area contributed by atoms with Gasteiger partial charge in [0.05, 0.1) is 5.69 Å². The Hall–Kier alpha value is -0.790. The summed E-state index contributed by atoms with van der Waals surface area (Å²) in [4.78, 5) is 3.95. The molecule has 2 heterocycles. The highest BCUT2D eigenvalue weighted by Gasteiger charge is 2.32. The van der Waals surface area contributed by atoms with Gasteiger partial charge in [-0.05, 0) is 13.0 Å². The van der Waals surface area contributed by atoms with Crippen LogP contribution >= 0.6 is 11.8 Å². The number of hydrogen-bond donors (Lipinski definition) is 1. The van der Waals surface area contributed by atoms with Crippen LogP contribution < -0.4 is 5.73 Å². The zero-order valence-corrected chi connectivity index (χ0v) is 11.2. The van der Waals surface area contributed by atoms with Gasteiger partial charge in [-0.25, -0.2) is 8.42 Å². The molecule has 1 aromatic heterocycles. The lowest BCUT2D eigenvalue weighted by molar-refractivity contribution is 0.367. The van der Waals surface area contributed by atoms with Crippen LogP contribution in [0.1, 0.15) is 6.92 Å². The third-order valence-electron chi connectivity index (χ3n) is 2.71. The molecule has 1 atom stereocenters. The minimum atomic E-state index is -3.51. The van der Waals surface area contributed by atoms with E-state index in [9.17, 15) is 8.42 Å². The minimum Gasteiger partial charge on any atom is -0.398 e. The van der Waals surface area contributed by atoms with Gasteiger partial charge in [0.2, 0.25) is 10.0 Å². The molecule has 1 fully saturated rings. The fourth-order valence-corrected chi connectivity index (χ4v) is 4.72. The molecule has 1 aliphatic rings. The van der Waals surface area contributed by atoms with Crippen LogP contribution in [-0.2, 0) is 10.0 Å². The van der Waals surface area contributed by atoms with Gasteiger partial charge in [-0.15, -0.1) is 0 Å². The number of hydrogen-bond acceptors (Lipinski definition) is 5. The lowest BCUT2D eigenvalue weighted by atomic mass is 10.4.